The molecule has 10 N–H and O–H groups in total. The van der Waals surface area contributed by atoms with Crippen molar-refractivity contribution in [2.75, 3.05) is 26.3 Å². The van der Waals surface area contributed by atoms with Crippen LogP contribution >= 0.6 is 0 Å². The Hall–Kier alpha value is -14.6. The molecule has 2 heterocycles. The van der Waals surface area contributed by atoms with Crippen molar-refractivity contribution >= 4 is 48.1 Å². The molecule has 0 bridgehead atoms. The summed E-state index contributed by atoms with van der Waals surface area (Å²) in [5.41, 5.74) is 16.9. The summed E-state index contributed by atoms with van der Waals surface area (Å²) in [6.45, 7) is 18.0. The number of benzene rings is 10. The minimum Gasteiger partial charge on any atom is -0.480 e. The lowest BCUT2D eigenvalue weighted by Gasteiger charge is -2.37. The predicted molar refractivity (Wildman–Crippen MR) is 487 cm³/mol. The van der Waals surface area contributed by atoms with Crippen LogP contribution in [-0.4, -0.2) is 111 Å². The van der Waals surface area contributed by atoms with E-state index in [9.17, 15) is 38.4 Å². The molecule has 10 aromatic carbocycles. The Morgan fingerprint density at radius 3 is 0.984 bits per heavy atom. The number of carboxylic acid groups (broad SMARTS) is 1. The van der Waals surface area contributed by atoms with Gasteiger partial charge in [0.05, 0.1) is 31.0 Å². The molecule has 0 unspecified atom stereocenters. The van der Waals surface area contributed by atoms with Gasteiger partial charge in [0.25, 0.3) is 0 Å². The predicted octanol–water partition coefficient (Wildman–Crippen LogP) is 17.7. The van der Waals surface area contributed by atoms with Gasteiger partial charge in [0.1, 0.15) is 54.6 Å². The number of carboxylic acids is 1. The van der Waals surface area contributed by atoms with Crippen LogP contribution in [0.15, 0.2) is 288 Å². The van der Waals surface area contributed by atoms with Gasteiger partial charge < -0.3 is 76.1 Å². The minimum absolute atomic E-state index is 0.0250. The van der Waals surface area contributed by atoms with Crippen LogP contribution in [0.2, 0.25) is 0 Å². The summed E-state index contributed by atoms with van der Waals surface area (Å²) in [4.78, 5) is 112. The van der Waals surface area contributed by atoms with E-state index in [-0.39, 0.29) is 79.1 Å². The summed E-state index contributed by atoms with van der Waals surface area (Å²) in [6.07, 6.45) is -2.20. The molecule has 4 atom stereocenters. The Morgan fingerprint density at radius 1 is 0.372 bits per heavy atom. The molecule has 0 saturated carbocycles. The SMILES string of the molecule is CC(C)C[C@H](NC(=O)OC(C)(C)C)c1noc([C@@H](N)CC(=O)NC(c2ccccc2)(c2ccccc2)c2ccccc2)n1.CC(C)C[C@H](NC(=O)OC(C)(C)C)c1noc([C@H](CC(=O)NC(c2ccccc2)(c2ccccc2)c2ccccc2)NC(=O)CNC(=O)OCC2c3ccccc3-c3ccccc32)n1.O=C(O)CNC(=O)OCC1c2ccccc2-c2ccccc21. The highest BCUT2D eigenvalue weighted by atomic mass is 16.6. The lowest BCUT2D eigenvalue weighted by Crippen LogP contribution is -2.49. The molecule has 0 radical (unpaired) electrons. The molecule has 0 spiro atoms. The fourth-order valence-electron chi connectivity index (χ4n) is 16.0. The maximum atomic E-state index is 14.6. The summed E-state index contributed by atoms with van der Waals surface area (Å²) < 4.78 is 33.1. The topological polar surface area (TPSA) is 382 Å². The van der Waals surface area contributed by atoms with Crippen LogP contribution < -0.4 is 43.0 Å². The van der Waals surface area contributed by atoms with Gasteiger partial charge in [-0.1, -0.05) is 317 Å². The van der Waals surface area contributed by atoms with Gasteiger partial charge >= 0.3 is 30.3 Å². The summed E-state index contributed by atoms with van der Waals surface area (Å²) in [5.74, 6) is -1.92. The Kier molecular flexibility index (Phi) is 31.2. The number of hydrogen-bond donors (Lipinski definition) is 9. The average Bonchev–Trinajstić information content (AvgIpc) is 1.75. The van der Waals surface area contributed by atoms with E-state index < -0.39 is 102 Å². The van der Waals surface area contributed by atoms with Crippen molar-refractivity contribution in [3.63, 3.8) is 0 Å². The van der Waals surface area contributed by atoms with Crippen molar-refractivity contribution in [2.24, 2.45) is 17.6 Å². The molecular weight excluding hydrogens is 1630 g/mol. The van der Waals surface area contributed by atoms with Crippen molar-refractivity contribution in [3.8, 4) is 22.3 Å². The van der Waals surface area contributed by atoms with Crippen LogP contribution in [0.3, 0.4) is 0 Å². The van der Waals surface area contributed by atoms with Gasteiger partial charge in [-0.3, -0.25) is 19.2 Å². The molecule has 668 valence electrons. The number of ether oxygens (including phenoxy) is 4. The van der Waals surface area contributed by atoms with E-state index in [1.54, 1.807) is 41.5 Å². The maximum Gasteiger partial charge on any atom is 0.408 e. The van der Waals surface area contributed by atoms with E-state index in [1.165, 1.54) is 0 Å². The van der Waals surface area contributed by atoms with Crippen LogP contribution in [0.25, 0.3) is 22.3 Å². The van der Waals surface area contributed by atoms with Crippen LogP contribution in [0.5, 0.6) is 0 Å². The second kappa shape index (κ2) is 43.1. The first-order valence-corrected chi connectivity index (χ1v) is 43.0. The fourth-order valence-corrected chi connectivity index (χ4v) is 16.0. The number of nitrogens with two attached hydrogens (primary N) is 1. The fraction of sp³-hybridized carbons (Fsp3) is 0.294. The highest BCUT2D eigenvalue weighted by molar-refractivity contribution is 5.86. The van der Waals surface area contributed by atoms with Crippen LogP contribution in [0.1, 0.15) is 210 Å². The smallest absolute Gasteiger partial charge is 0.408 e. The Bertz CT molecular complexity index is 5480. The first kappa shape index (κ1) is 93.6. The van der Waals surface area contributed by atoms with Gasteiger partial charge in [-0.25, -0.2) is 19.2 Å². The third-order valence-electron chi connectivity index (χ3n) is 21.4. The quantitative estimate of drug-likeness (QED) is 0.0144. The third kappa shape index (κ3) is 24.6. The normalized spacial score (nSPS) is 13.1. The van der Waals surface area contributed by atoms with Gasteiger partial charge in [0, 0.05) is 11.8 Å². The summed E-state index contributed by atoms with van der Waals surface area (Å²) in [7, 11) is 0. The first-order chi connectivity index (χ1) is 61.9. The van der Waals surface area contributed by atoms with Gasteiger partial charge in [-0.05, 0) is 144 Å². The van der Waals surface area contributed by atoms with Crippen LogP contribution in [0, 0.1) is 11.8 Å². The van der Waals surface area contributed by atoms with Crippen molar-refractivity contribution in [1.29, 1.82) is 0 Å². The highest BCUT2D eigenvalue weighted by Gasteiger charge is 2.42. The number of fused-ring (bicyclic) bond motifs is 6. The molecule has 14 rings (SSSR count). The van der Waals surface area contributed by atoms with Crippen LogP contribution in [0.4, 0.5) is 19.2 Å². The lowest BCUT2D eigenvalue weighted by atomic mass is 9.77. The average molecular weight is 1740 g/mol. The molecule has 0 aliphatic heterocycles. The molecule has 2 aliphatic rings. The zero-order valence-corrected chi connectivity index (χ0v) is 73.9. The molecule has 2 aliphatic carbocycles. The van der Waals surface area contributed by atoms with E-state index in [0.717, 1.165) is 77.9 Å². The standard InChI is InChI=1S/C51H54N6O7.C34H41N5O4.C17H15NO4/c1-33(2)29-42(54-49(61)63-50(3,4)5)46-55-47(64-57-46)43(53-45(59)31-52-48(60)62-32-41-39-27-17-15-25-37(39)38-26-16-18-28-40(38)41)30-44(58)56-51(34-19-9-6-10-20-34,35-21-11-7-12-22-35)36-23-13-8-14-24-36;1-23(2)21-28(36-32(41)42-33(3,4)5)30-37-31(43-39-30)27(35)22-29(40)38-34(24-15-9-6-10-16-24,25-17-11-7-12-18-25)26-19-13-8-14-20-26;19-16(20)9-18-17(21)22-10-15-13-7-3-1-5-11(13)12-6-2-4-8-14(12)15/h6-28,33,41-43H,29-32H2,1-5H3,(H,52,60)(H,53,59)(H,54,61)(H,56,58);6-20,23,27-28H,21-22,35H2,1-5H3,(H,36,41)(H,38,40);1-8,15H,9-10H2,(H,18,21)(H,19,20)/t42-,43-;27-,28-;/m00./s1. The second-order valence-electron chi connectivity index (χ2n) is 34.3. The number of alkyl carbamates (subject to hydrolysis) is 4. The number of amides is 7. The number of carbonyl (C=O) groups excluding carboxylic acids is 7. The lowest BCUT2D eigenvalue weighted by molar-refractivity contribution is -0.136. The van der Waals surface area contributed by atoms with Crippen LogP contribution in [-0.2, 0) is 49.2 Å². The van der Waals surface area contributed by atoms with Crippen molar-refractivity contribution in [2.45, 2.75) is 153 Å². The first-order valence-electron chi connectivity index (χ1n) is 43.0. The Labute approximate surface area is 750 Å². The van der Waals surface area contributed by atoms with Crippen molar-refractivity contribution in [1.82, 2.24) is 57.5 Å². The zero-order chi connectivity index (χ0) is 91.8. The van der Waals surface area contributed by atoms with Gasteiger partial charge in [0.15, 0.2) is 11.6 Å². The number of aromatic nitrogens is 4. The number of hydrogen-bond acceptors (Lipinski definition) is 19. The van der Waals surface area contributed by atoms with E-state index in [2.05, 4.69) is 81.8 Å². The van der Waals surface area contributed by atoms with Gasteiger partial charge in [-0.15, -0.1) is 0 Å². The molecule has 2 aromatic heterocycles. The number of nitrogens with one attached hydrogen (secondary N) is 7. The molecule has 27 nitrogen and oxygen atoms in total. The molecule has 0 saturated heterocycles. The van der Waals surface area contributed by atoms with E-state index in [4.69, 9.17) is 38.8 Å². The number of nitrogens with zero attached hydrogens (tertiary/aromatic N) is 4. The van der Waals surface area contributed by atoms with E-state index >= 15 is 0 Å². The van der Waals surface area contributed by atoms with Gasteiger partial charge in [0.2, 0.25) is 29.5 Å². The summed E-state index contributed by atoms with van der Waals surface area (Å²) in [5, 5.41) is 36.7. The number of rotatable bonds is 31. The third-order valence-corrected chi connectivity index (χ3v) is 21.4. The molecule has 7 amide bonds. The summed E-state index contributed by atoms with van der Waals surface area (Å²) >= 11 is 0. The molecule has 12 aromatic rings. The van der Waals surface area contributed by atoms with Crippen molar-refractivity contribution < 1.29 is 71.5 Å². The summed E-state index contributed by atoms with van der Waals surface area (Å²) in [6, 6.07) is 87.2. The maximum absolute atomic E-state index is 14.6. The Morgan fingerprint density at radius 2 is 0.667 bits per heavy atom. The molecule has 27 heteroatoms. The van der Waals surface area contributed by atoms with E-state index in [1.807, 2.05) is 282 Å². The Balaban J connectivity index is 0.000000198. The molecule has 129 heavy (non-hydrogen) atoms. The largest absolute Gasteiger partial charge is 0.480 e. The monoisotopic (exact) mass is 1740 g/mol. The minimum atomic E-state index is -1.17. The second-order valence-corrected chi connectivity index (χ2v) is 34.3. The molecule has 0 fully saturated rings. The van der Waals surface area contributed by atoms with E-state index in [0.29, 0.717) is 12.8 Å². The van der Waals surface area contributed by atoms with Gasteiger partial charge in [-0.2, -0.15) is 9.97 Å². The van der Waals surface area contributed by atoms with Crippen molar-refractivity contribution in [3.05, 3.63) is 358 Å². The zero-order valence-electron chi connectivity index (χ0n) is 73.9. The number of carbonyl (C=O) groups is 8. The number of aliphatic carboxylic acids is 1. The highest BCUT2D eigenvalue weighted by Crippen LogP contribution is 2.47. The molecular formula is C102H110N12O15.